The summed E-state index contributed by atoms with van der Waals surface area (Å²) in [4.78, 5) is 20.4. The molecule has 0 spiro atoms. The second kappa shape index (κ2) is 10.7. The van der Waals surface area contributed by atoms with Crippen LogP contribution in [0.5, 0.6) is 0 Å². The number of hydrogen-bond donors (Lipinski definition) is 4. The lowest BCUT2D eigenvalue weighted by molar-refractivity contribution is -0.137. The van der Waals surface area contributed by atoms with Crippen LogP contribution in [-0.4, -0.2) is 39.5 Å². The Labute approximate surface area is 192 Å². The lowest BCUT2D eigenvalue weighted by Gasteiger charge is -2.17. The molecule has 0 fully saturated rings. The third-order valence-electron chi connectivity index (χ3n) is 5.67. The summed E-state index contributed by atoms with van der Waals surface area (Å²) in [5.41, 5.74) is 7.16. The van der Waals surface area contributed by atoms with E-state index in [1.165, 1.54) is 11.8 Å². The summed E-state index contributed by atoms with van der Waals surface area (Å²) in [5.74, 6) is 0.0604. The molecule has 0 amide bonds. The van der Waals surface area contributed by atoms with Gasteiger partial charge in [0, 0.05) is 23.8 Å². The van der Waals surface area contributed by atoms with Crippen LogP contribution >= 0.6 is 0 Å². The molecule has 0 aliphatic carbocycles. The molecule has 3 aromatic rings. The molecule has 0 bridgehead atoms. The highest BCUT2D eigenvalue weighted by molar-refractivity contribution is 6.28. The first-order valence-corrected chi connectivity index (χ1v) is 11.2. The van der Waals surface area contributed by atoms with E-state index in [-0.39, 0.29) is 6.42 Å². The van der Waals surface area contributed by atoms with Crippen molar-refractivity contribution in [2.75, 3.05) is 11.9 Å². The van der Waals surface area contributed by atoms with Gasteiger partial charge in [-0.15, -0.1) is 0 Å². The molecule has 0 saturated carbocycles. The van der Waals surface area contributed by atoms with E-state index in [4.69, 9.17) is 5.41 Å². The Morgan fingerprint density at radius 2 is 2.18 bits per heavy atom. The molecule has 8 heteroatoms. The fraction of sp³-hybridized carbons (Fsp3) is 0.320. The molecule has 0 saturated heterocycles. The van der Waals surface area contributed by atoms with E-state index in [1.54, 1.807) is 6.20 Å². The van der Waals surface area contributed by atoms with E-state index in [2.05, 4.69) is 37.9 Å². The Morgan fingerprint density at radius 1 is 1.30 bits per heavy atom. The number of hydrazone groups is 1. The molecule has 1 aliphatic rings. The van der Waals surface area contributed by atoms with Crippen LogP contribution in [0.4, 0.5) is 5.82 Å². The van der Waals surface area contributed by atoms with Crippen LogP contribution in [0, 0.1) is 5.41 Å². The fourth-order valence-electron chi connectivity index (χ4n) is 3.93. The molecule has 8 nitrogen and oxygen atoms in total. The summed E-state index contributed by atoms with van der Waals surface area (Å²) in [5, 5.41) is 25.9. The number of anilines is 1. The zero-order valence-corrected chi connectivity index (χ0v) is 18.4. The van der Waals surface area contributed by atoms with Gasteiger partial charge in [-0.2, -0.15) is 5.10 Å². The van der Waals surface area contributed by atoms with E-state index in [0.29, 0.717) is 12.1 Å². The van der Waals surface area contributed by atoms with Crippen molar-refractivity contribution in [1.29, 1.82) is 5.41 Å². The van der Waals surface area contributed by atoms with Gasteiger partial charge in [0.1, 0.15) is 5.82 Å². The number of para-hydroxylation sites is 1. The number of nitrogens with zero attached hydrogens (tertiary/aromatic N) is 3. The molecule has 170 valence electrons. The smallest absolute Gasteiger partial charge is 0.305 e. The Balaban J connectivity index is 1.30. The first-order chi connectivity index (χ1) is 16.1. The SMILES string of the molecule is N=C(/C=N\NC(CC(=O)O)c1cnc2ccccc2c1)CCCc1ccc2c(n1)NCCC2. The third kappa shape index (κ3) is 6.12. The first-order valence-electron chi connectivity index (χ1n) is 11.2. The molecule has 1 atom stereocenters. The van der Waals surface area contributed by atoms with Crippen molar-refractivity contribution in [3.63, 3.8) is 0 Å². The molecule has 1 aromatic carbocycles. The topological polar surface area (TPSA) is 123 Å². The maximum Gasteiger partial charge on any atom is 0.305 e. The number of carboxylic acids is 1. The van der Waals surface area contributed by atoms with Crippen molar-refractivity contribution in [2.24, 2.45) is 5.10 Å². The van der Waals surface area contributed by atoms with E-state index in [0.717, 1.165) is 60.2 Å². The van der Waals surface area contributed by atoms with Crippen LogP contribution in [0.25, 0.3) is 10.9 Å². The van der Waals surface area contributed by atoms with Crippen molar-refractivity contribution in [3.05, 3.63) is 65.5 Å². The number of fused-ring (bicyclic) bond motifs is 2. The Bertz CT molecular complexity index is 1180. The van der Waals surface area contributed by atoms with Crippen molar-refractivity contribution in [2.45, 2.75) is 44.6 Å². The van der Waals surface area contributed by atoms with Gasteiger partial charge in [0.25, 0.3) is 0 Å². The molecular formula is C25H28N6O2. The van der Waals surface area contributed by atoms with Crippen molar-refractivity contribution in [1.82, 2.24) is 15.4 Å². The highest BCUT2D eigenvalue weighted by Crippen LogP contribution is 2.21. The number of carbonyl (C=O) groups is 1. The Kier molecular flexibility index (Phi) is 7.24. The lowest BCUT2D eigenvalue weighted by atomic mass is 10.0. The molecular weight excluding hydrogens is 416 g/mol. The quantitative estimate of drug-likeness (QED) is 0.275. The predicted molar refractivity (Wildman–Crippen MR) is 130 cm³/mol. The van der Waals surface area contributed by atoms with Gasteiger partial charge in [-0.1, -0.05) is 24.3 Å². The predicted octanol–water partition coefficient (Wildman–Crippen LogP) is 4.12. The minimum absolute atomic E-state index is 0.136. The minimum atomic E-state index is -0.932. The largest absolute Gasteiger partial charge is 0.481 e. The summed E-state index contributed by atoms with van der Waals surface area (Å²) in [6.45, 7) is 0.968. The minimum Gasteiger partial charge on any atom is -0.481 e. The summed E-state index contributed by atoms with van der Waals surface area (Å²) < 4.78 is 0. The van der Waals surface area contributed by atoms with E-state index >= 15 is 0 Å². The average molecular weight is 445 g/mol. The van der Waals surface area contributed by atoms with E-state index in [9.17, 15) is 9.90 Å². The van der Waals surface area contributed by atoms with E-state index < -0.39 is 12.0 Å². The van der Waals surface area contributed by atoms with Crippen LogP contribution in [0.2, 0.25) is 0 Å². The number of hydrogen-bond acceptors (Lipinski definition) is 7. The van der Waals surface area contributed by atoms with Crippen LogP contribution in [-0.2, 0) is 17.6 Å². The van der Waals surface area contributed by atoms with Crippen LogP contribution in [0.3, 0.4) is 0 Å². The monoisotopic (exact) mass is 444 g/mol. The maximum atomic E-state index is 11.3. The normalized spacial score (nSPS) is 13.9. The molecule has 0 radical (unpaired) electrons. The molecule has 2 aromatic heterocycles. The molecule has 4 N–H and O–H groups in total. The summed E-state index contributed by atoms with van der Waals surface area (Å²) in [7, 11) is 0. The summed E-state index contributed by atoms with van der Waals surface area (Å²) in [6, 6.07) is 13.3. The van der Waals surface area contributed by atoms with Crippen LogP contribution in [0.1, 0.15) is 48.5 Å². The Hall–Kier alpha value is -3.81. The standard InChI is InChI=1S/C25H28N6O2/c26-20(7-3-8-21-11-10-17-6-4-12-27-25(17)30-21)16-29-31-23(14-24(32)33)19-13-18-5-1-2-9-22(18)28-15-19/h1-2,5,9-11,13,15-16,23,26,31H,3-4,6-8,12,14H2,(H,27,30)(H,32,33)/b26-20?,29-16-. The van der Waals surface area contributed by atoms with Gasteiger partial charge >= 0.3 is 5.97 Å². The van der Waals surface area contributed by atoms with E-state index in [1.807, 2.05) is 30.3 Å². The number of nitrogens with one attached hydrogen (secondary N) is 3. The first kappa shape index (κ1) is 22.4. The van der Waals surface area contributed by atoms with Gasteiger partial charge in [0.15, 0.2) is 0 Å². The number of benzene rings is 1. The third-order valence-corrected chi connectivity index (χ3v) is 5.67. The van der Waals surface area contributed by atoms with Gasteiger partial charge in [-0.3, -0.25) is 9.78 Å². The fourth-order valence-corrected chi connectivity index (χ4v) is 3.93. The zero-order chi connectivity index (χ0) is 23.0. The van der Waals surface area contributed by atoms with Crippen molar-refractivity contribution < 1.29 is 9.90 Å². The number of aryl methyl sites for hydroxylation is 2. The molecule has 1 unspecified atom stereocenters. The number of carboxylic acid groups (broad SMARTS) is 1. The molecule has 33 heavy (non-hydrogen) atoms. The number of aliphatic carboxylic acids is 1. The average Bonchev–Trinajstić information content (AvgIpc) is 2.83. The summed E-state index contributed by atoms with van der Waals surface area (Å²) >= 11 is 0. The summed E-state index contributed by atoms with van der Waals surface area (Å²) in [6.07, 6.45) is 7.36. The van der Waals surface area contributed by atoms with Crippen LogP contribution < -0.4 is 10.7 Å². The number of aromatic nitrogens is 2. The second-order valence-electron chi connectivity index (χ2n) is 8.22. The van der Waals surface area contributed by atoms with Crippen molar-refractivity contribution in [3.8, 4) is 0 Å². The molecule has 1 aliphatic heterocycles. The molecule has 4 rings (SSSR count). The van der Waals surface area contributed by atoms with Gasteiger partial charge < -0.3 is 21.3 Å². The number of pyridine rings is 2. The maximum absolute atomic E-state index is 11.3. The van der Waals surface area contributed by atoms with Gasteiger partial charge in [-0.25, -0.2) is 4.98 Å². The van der Waals surface area contributed by atoms with Crippen LogP contribution in [0.15, 0.2) is 53.8 Å². The van der Waals surface area contributed by atoms with Crippen molar-refractivity contribution >= 4 is 34.6 Å². The second-order valence-corrected chi connectivity index (χ2v) is 8.22. The number of rotatable bonds is 10. The van der Waals surface area contributed by atoms with Gasteiger partial charge in [-0.05, 0) is 61.4 Å². The van der Waals surface area contributed by atoms with Gasteiger partial charge in [0.05, 0.1) is 29.9 Å². The highest BCUT2D eigenvalue weighted by Gasteiger charge is 2.16. The van der Waals surface area contributed by atoms with Gasteiger partial charge in [0.2, 0.25) is 0 Å². The lowest BCUT2D eigenvalue weighted by Crippen LogP contribution is -2.20. The highest BCUT2D eigenvalue weighted by atomic mass is 16.4. The zero-order valence-electron chi connectivity index (χ0n) is 18.4. The Morgan fingerprint density at radius 3 is 3.06 bits per heavy atom. The molecule has 3 heterocycles.